The highest BCUT2D eigenvalue weighted by Gasteiger charge is 2.27. The molecule has 0 bridgehead atoms. The summed E-state index contributed by atoms with van der Waals surface area (Å²) in [4.78, 5) is 9.99. The van der Waals surface area contributed by atoms with Crippen LogP contribution in [0.4, 0.5) is 0 Å². The lowest BCUT2D eigenvalue weighted by Crippen LogP contribution is -2.01. The number of hydrogen-bond acceptors (Lipinski definition) is 2. The Morgan fingerprint density at radius 3 is 1.15 bits per heavy atom. The number of fused-ring (bicyclic) bond motifs is 7. The van der Waals surface area contributed by atoms with Crippen LogP contribution in [-0.4, -0.2) is 19.1 Å². The molecule has 0 aliphatic rings. The third-order valence-corrected chi connectivity index (χ3v) is 8.67. The van der Waals surface area contributed by atoms with Gasteiger partial charge in [-0.2, -0.15) is 0 Å². The van der Waals surface area contributed by atoms with E-state index in [2.05, 4.69) is 93.5 Å². The first-order valence-electron chi connectivity index (χ1n) is 15.9. The molecule has 0 amide bonds. The molecule has 222 valence electrons. The summed E-state index contributed by atoms with van der Waals surface area (Å²) in [6, 6.07) is 49.4. The van der Waals surface area contributed by atoms with Crippen molar-refractivity contribution in [1.82, 2.24) is 19.1 Å². The van der Waals surface area contributed by atoms with Gasteiger partial charge in [-0.05, 0) is 72.8 Å². The van der Waals surface area contributed by atoms with Gasteiger partial charge in [-0.15, -0.1) is 0 Å². The second kappa shape index (κ2) is 11.5. The molecule has 4 nitrogen and oxygen atoms in total. The Bertz CT molecular complexity index is 2560. The van der Waals surface area contributed by atoms with Gasteiger partial charge in [0.1, 0.15) is 11.3 Å². The number of nitrogens with zero attached hydrogens (tertiary/aromatic N) is 4. The fraction of sp³-hybridized carbons (Fsp3) is 0. The molecular formula is C44H26N4. The molecule has 4 aromatic heterocycles. The lowest BCUT2D eigenvalue weighted by atomic mass is 9.95. The Labute approximate surface area is 277 Å². The standard InChI is InChI=1S/C44H26N4/c1-5-15-31(16-6-1)25-27-35-36(28-26-32-17-7-2-8-18-32)40-38-24-14-30-46-44(38)48(34-21-11-4-12-22-34)42(40)41-39(35)37-23-13-29-45-43(37)47(41)33-19-9-3-10-20-33/h1-24,29-30H. The minimum absolute atomic E-state index is 0.855. The number of para-hydroxylation sites is 2. The van der Waals surface area contributed by atoms with E-state index < -0.39 is 0 Å². The molecular weight excluding hydrogens is 585 g/mol. The highest BCUT2D eigenvalue weighted by molar-refractivity contribution is 6.27. The average Bonchev–Trinajstić information content (AvgIpc) is 3.69. The lowest BCUT2D eigenvalue weighted by Gasteiger charge is -2.13. The quantitative estimate of drug-likeness (QED) is 0.183. The molecule has 0 aliphatic heterocycles. The summed E-state index contributed by atoms with van der Waals surface area (Å²) in [6.07, 6.45) is 3.72. The van der Waals surface area contributed by atoms with Crippen molar-refractivity contribution in [2.45, 2.75) is 0 Å². The number of pyridine rings is 2. The van der Waals surface area contributed by atoms with Crippen LogP contribution in [0.15, 0.2) is 158 Å². The number of benzene rings is 5. The lowest BCUT2D eigenvalue weighted by molar-refractivity contribution is 1.11. The number of hydrogen-bond donors (Lipinski definition) is 0. The first-order valence-corrected chi connectivity index (χ1v) is 15.9. The zero-order valence-corrected chi connectivity index (χ0v) is 25.8. The van der Waals surface area contributed by atoms with Gasteiger partial charge in [0.2, 0.25) is 0 Å². The summed E-state index contributed by atoms with van der Waals surface area (Å²) < 4.78 is 4.54. The SMILES string of the molecule is C(#Cc1c(C#Cc2ccccc2)c2c3cccnc3n(-c3ccccc3)c2c2c1c1cccnc1n2-c1ccccc1)c1ccccc1. The molecule has 9 aromatic rings. The zero-order chi connectivity index (χ0) is 31.9. The van der Waals surface area contributed by atoms with Crippen LogP contribution in [0.3, 0.4) is 0 Å². The van der Waals surface area contributed by atoms with E-state index in [-0.39, 0.29) is 0 Å². The van der Waals surface area contributed by atoms with Crippen LogP contribution in [0.2, 0.25) is 0 Å². The maximum absolute atomic E-state index is 4.99. The molecule has 5 aromatic carbocycles. The third-order valence-electron chi connectivity index (χ3n) is 8.67. The van der Waals surface area contributed by atoms with Gasteiger partial charge in [-0.25, -0.2) is 9.97 Å². The Balaban J connectivity index is 1.59. The largest absolute Gasteiger partial charge is 0.292 e. The fourth-order valence-corrected chi connectivity index (χ4v) is 6.66. The summed E-state index contributed by atoms with van der Waals surface area (Å²) in [7, 11) is 0. The van der Waals surface area contributed by atoms with Crippen LogP contribution >= 0.6 is 0 Å². The van der Waals surface area contributed by atoms with Crippen molar-refractivity contribution in [2.24, 2.45) is 0 Å². The average molecular weight is 611 g/mol. The summed E-state index contributed by atoms with van der Waals surface area (Å²) in [6.45, 7) is 0. The van der Waals surface area contributed by atoms with Gasteiger partial charge in [-0.1, -0.05) is 96.5 Å². The smallest absolute Gasteiger partial charge is 0.145 e. The van der Waals surface area contributed by atoms with Crippen molar-refractivity contribution in [3.05, 3.63) is 180 Å². The van der Waals surface area contributed by atoms with Crippen molar-refractivity contribution in [3.63, 3.8) is 0 Å². The highest BCUT2D eigenvalue weighted by Crippen LogP contribution is 2.44. The third kappa shape index (κ3) is 4.44. The van der Waals surface area contributed by atoms with Crippen LogP contribution in [-0.2, 0) is 0 Å². The maximum atomic E-state index is 4.99. The highest BCUT2D eigenvalue weighted by atomic mass is 15.1. The van der Waals surface area contributed by atoms with Gasteiger partial charge in [0.15, 0.2) is 0 Å². The Hall–Kier alpha value is -6.88. The molecule has 0 saturated heterocycles. The van der Waals surface area contributed by atoms with Gasteiger partial charge < -0.3 is 0 Å². The Morgan fingerprint density at radius 1 is 0.375 bits per heavy atom. The molecule has 0 spiro atoms. The van der Waals surface area contributed by atoms with Gasteiger partial charge >= 0.3 is 0 Å². The maximum Gasteiger partial charge on any atom is 0.145 e. The molecule has 0 N–H and O–H groups in total. The topological polar surface area (TPSA) is 35.6 Å². The van der Waals surface area contributed by atoms with Crippen LogP contribution < -0.4 is 0 Å². The molecule has 9 rings (SSSR count). The van der Waals surface area contributed by atoms with E-state index in [1.807, 2.05) is 97.3 Å². The van der Waals surface area contributed by atoms with E-state index in [0.29, 0.717) is 0 Å². The molecule has 0 fully saturated rings. The van der Waals surface area contributed by atoms with E-state index in [1.165, 1.54) is 0 Å². The molecule has 0 atom stereocenters. The molecule has 0 aliphatic carbocycles. The fourth-order valence-electron chi connectivity index (χ4n) is 6.66. The molecule has 48 heavy (non-hydrogen) atoms. The minimum Gasteiger partial charge on any atom is -0.292 e. The molecule has 0 unspecified atom stereocenters. The van der Waals surface area contributed by atoms with Crippen LogP contribution in [0, 0.1) is 23.7 Å². The summed E-state index contributed by atoms with van der Waals surface area (Å²) in [5, 5.41) is 4.04. The van der Waals surface area contributed by atoms with E-state index in [0.717, 1.165) is 77.5 Å². The van der Waals surface area contributed by atoms with Crippen molar-refractivity contribution in [2.75, 3.05) is 0 Å². The zero-order valence-electron chi connectivity index (χ0n) is 25.8. The van der Waals surface area contributed by atoms with Crippen LogP contribution in [0.1, 0.15) is 22.3 Å². The van der Waals surface area contributed by atoms with Crippen LogP contribution in [0.25, 0.3) is 55.2 Å². The second-order valence-corrected chi connectivity index (χ2v) is 11.5. The predicted molar refractivity (Wildman–Crippen MR) is 196 cm³/mol. The van der Waals surface area contributed by atoms with Gasteiger partial charge in [0.05, 0.1) is 22.2 Å². The molecule has 4 heterocycles. The van der Waals surface area contributed by atoms with Crippen LogP contribution in [0.5, 0.6) is 0 Å². The van der Waals surface area contributed by atoms with Crippen molar-refractivity contribution >= 4 is 43.9 Å². The first kappa shape index (κ1) is 27.4. The van der Waals surface area contributed by atoms with Crippen molar-refractivity contribution in [3.8, 4) is 35.1 Å². The van der Waals surface area contributed by atoms with Crippen molar-refractivity contribution < 1.29 is 0 Å². The normalized spacial score (nSPS) is 11.0. The van der Waals surface area contributed by atoms with Crippen molar-refractivity contribution in [1.29, 1.82) is 0 Å². The minimum atomic E-state index is 0.855. The number of aromatic nitrogens is 4. The van der Waals surface area contributed by atoms with E-state index >= 15 is 0 Å². The van der Waals surface area contributed by atoms with E-state index in [9.17, 15) is 0 Å². The number of rotatable bonds is 2. The second-order valence-electron chi connectivity index (χ2n) is 11.5. The monoisotopic (exact) mass is 610 g/mol. The summed E-state index contributed by atoms with van der Waals surface area (Å²) in [5.41, 5.74) is 9.37. The molecule has 0 radical (unpaired) electrons. The summed E-state index contributed by atoms with van der Waals surface area (Å²) in [5.74, 6) is 14.3. The van der Waals surface area contributed by atoms with E-state index in [4.69, 9.17) is 9.97 Å². The Kier molecular flexibility index (Phi) is 6.56. The van der Waals surface area contributed by atoms with E-state index in [1.54, 1.807) is 0 Å². The Morgan fingerprint density at radius 2 is 0.750 bits per heavy atom. The molecule has 4 heteroatoms. The van der Waals surface area contributed by atoms with Gasteiger partial charge in [-0.3, -0.25) is 9.13 Å². The predicted octanol–water partition coefficient (Wildman–Crippen LogP) is 9.47. The van der Waals surface area contributed by atoms with Gasteiger partial charge in [0.25, 0.3) is 0 Å². The van der Waals surface area contributed by atoms with Gasteiger partial charge in [0, 0.05) is 56.4 Å². The first-order chi connectivity index (χ1) is 23.9. The summed E-state index contributed by atoms with van der Waals surface area (Å²) >= 11 is 0. The molecule has 0 saturated carbocycles.